The molecule has 1 rings (SSSR count). The van der Waals surface area contributed by atoms with Crippen molar-refractivity contribution in [2.24, 2.45) is 0 Å². The summed E-state index contributed by atoms with van der Waals surface area (Å²) >= 11 is 4.08. The SMILES string of the molecule is CN(CCOCCS)Cc1cccc(C#N)c1. The van der Waals surface area contributed by atoms with Crippen molar-refractivity contribution in [2.45, 2.75) is 6.54 Å². The van der Waals surface area contributed by atoms with E-state index in [1.807, 2.05) is 31.3 Å². The summed E-state index contributed by atoms with van der Waals surface area (Å²) in [6, 6.07) is 9.84. The van der Waals surface area contributed by atoms with Crippen LogP contribution in [0.25, 0.3) is 0 Å². The predicted molar refractivity (Wildman–Crippen MR) is 72.2 cm³/mol. The first kappa shape index (κ1) is 14.0. The summed E-state index contributed by atoms with van der Waals surface area (Å²) in [7, 11) is 2.04. The first-order chi connectivity index (χ1) is 8.26. The summed E-state index contributed by atoms with van der Waals surface area (Å²) in [5, 5.41) is 8.81. The highest BCUT2D eigenvalue weighted by Gasteiger charge is 2.01. The number of nitriles is 1. The van der Waals surface area contributed by atoms with Gasteiger partial charge in [0.1, 0.15) is 0 Å². The predicted octanol–water partition coefficient (Wildman–Crippen LogP) is 1.94. The van der Waals surface area contributed by atoms with Crippen molar-refractivity contribution in [3.05, 3.63) is 35.4 Å². The summed E-state index contributed by atoms with van der Waals surface area (Å²) < 4.78 is 5.37. The zero-order chi connectivity index (χ0) is 12.5. The molecule has 0 heterocycles. The van der Waals surface area contributed by atoms with Gasteiger partial charge in [-0.15, -0.1) is 0 Å². The summed E-state index contributed by atoms with van der Waals surface area (Å²) in [5.74, 6) is 0.758. The molecule has 0 aliphatic carbocycles. The molecule has 0 N–H and O–H groups in total. The van der Waals surface area contributed by atoms with E-state index in [4.69, 9.17) is 10.00 Å². The molecule has 0 atom stereocenters. The van der Waals surface area contributed by atoms with Gasteiger partial charge in [-0.2, -0.15) is 17.9 Å². The number of hydrogen-bond donors (Lipinski definition) is 1. The molecular formula is C13H18N2OS. The van der Waals surface area contributed by atoms with Crippen LogP contribution in [0.4, 0.5) is 0 Å². The van der Waals surface area contributed by atoms with Gasteiger partial charge >= 0.3 is 0 Å². The topological polar surface area (TPSA) is 36.3 Å². The minimum atomic E-state index is 0.695. The van der Waals surface area contributed by atoms with Crippen LogP contribution in [0.3, 0.4) is 0 Å². The highest BCUT2D eigenvalue weighted by atomic mass is 32.1. The van der Waals surface area contributed by atoms with Gasteiger partial charge in [0.05, 0.1) is 24.8 Å². The number of likely N-dealkylation sites (N-methyl/N-ethyl adjacent to an activating group) is 1. The third kappa shape index (κ3) is 5.73. The van der Waals surface area contributed by atoms with E-state index in [1.165, 1.54) is 0 Å². The van der Waals surface area contributed by atoms with E-state index in [1.54, 1.807) is 0 Å². The molecule has 4 heteroatoms. The molecule has 0 unspecified atom stereocenters. The van der Waals surface area contributed by atoms with Crippen LogP contribution in [0.1, 0.15) is 11.1 Å². The molecule has 92 valence electrons. The van der Waals surface area contributed by atoms with Gasteiger partial charge in [-0.05, 0) is 24.7 Å². The molecule has 1 aromatic carbocycles. The molecular weight excluding hydrogens is 232 g/mol. The third-order valence-corrected chi connectivity index (χ3v) is 2.54. The van der Waals surface area contributed by atoms with Crippen molar-refractivity contribution in [3.63, 3.8) is 0 Å². The largest absolute Gasteiger partial charge is 0.379 e. The Balaban J connectivity index is 2.34. The van der Waals surface area contributed by atoms with Crippen LogP contribution < -0.4 is 0 Å². The van der Waals surface area contributed by atoms with Gasteiger partial charge in [-0.3, -0.25) is 4.90 Å². The molecule has 1 aromatic rings. The van der Waals surface area contributed by atoms with E-state index in [0.717, 1.165) is 31.0 Å². The second-order valence-corrected chi connectivity index (χ2v) is 4.33. The Hall–Kier alpha value is -1.02. The summed E-state index contributed by atoms with van der Waals surface area (Å²) in [4.78, 5) is 2.18. The Labute approximate surface area is 108 Å². The molecule has 0 aliphatic heterocycles. The highest BCUT2D eigenvalue weighted by Crippen LogP contribution is 2.06. The Morgan fingerprint density at radius 3 is 2.94 bits per heavy atom. The summed E-state index contributed by atoms with van der Waals surface area (Å²) in [6.45, 7) is 3.13. The second kappa shape index (κ2) is 8.13. The van der Waals surface area contributed by atoms with Crippen LogP contribution in [0.15, 0.2) is 24.3 Å². The molecule has 0 aliphatic rings. The average Bonchev–Trinajstić information content (AvgIpc) is 2.35. The molecule has 0 radical (unpaired) electrons. The standard InChI is InChI=1S/C13H18N2OS/c1-15(5-6-16-7-8-17)11-13-4-2-3-12(9-13)10-14/h2-4,9,17H,5-8,11H2,1H3. The quantitative estimate of drug-likeness (QED) is 0.593. The van der Waals surface area contributed by atoms with Crippen LogP contribution in [-0.4, -0.2) is 37.5 Å². The molecule has 0 spiro atoms. The van der Waals surface area contributed by atoms with E-state index in [9.17, 15) is 0 Å². The van der Waals surface area contributed by atoms with Gasteiger partial charge in [0.25, 0.3) is 0 Å². The Bertz CT molecular complexity index is 376. The lowest BCUT2D eigenvalue weighted by atomic mass is 10.1. The van der Waals surface area contributed by atoms with Crippen LogP contribution in [-0.2, 0) is 11.3 Å². The van der Waals surface area contributed by atoms with Crippen molar-refractivity contribution in [2.75, 3.05) is 32.6 Å². The first-order valence-electron chi connectivity index (χ1n) is 5.62. The fourth-order valence-corrected chi connectivity index (χ4v) is 1.65. The summed E-state index contributed by atoms with van der Waals surface area (Å²) in [6.07, 6.45) is 0. The van der Waals surface area contributed by atoms with E-state index in [-0.39, 0.29) is 0 Å². The molecule has 0 saturated carbocycles. The third-order valence-electron chi connectivity index (χ3n) is 2.36. The van der Waals surface area contributed by atoms with Crippen molar-refractivity contribution >= 4 is 12.6 Å². The van der Waals surface area contributed by atoms with Crippen molar-refractivity contribution in [1.29, 1.82) is 5.26 Å². The van der Waals surface area contributed by atoms with Crippen LogP contribution in [0.2, 0.25) is 0 Å². The Morgan fingerprint density at radius 1 is 1.41 bits per heavy atom. The van der Waals surface area contributed by atoms with Crippen molar-refractivity contribution < 1.29 is 4.74 Å². The van der Waals surface area contributed by atoms with Crippen LogP contribution in [0.5, 0.6) is 0 Å². The van der Waals surface area contributed by atoms with Crippen LogP contribution >= 0.6 is 12.6 Å². The van der Waals surface area contributed by atoms with Crippen molar-refractivity contribution in [1.82, 2.24) is 4.90 Å². The zero-order valence-corrected chi connectivity index (χ0v) is 11.0. The highest BCUT2D eigenvalue weighted by molar-refractivity contribution is 7.80. The lowest BCUT2D eigenvalue weighted by Crippen LogP contribution is -2.23. The fraction of sp³-hybridized carbons (Fsp3) is 0.462. The number of thiol groups is 1. The maximum atomic E-state index is 8.81. The van der Waals surface area contributed by atoms with Gasteiger partial charge in [0, 0.05) is 18.8 Å². The van der Waals surface area contributed by atoms with E-state index < -0.39 is 0 Å². The van der Waals surface area contributed by atoms with Crippen LogP contribution in [0, 0.1) is 11.3 Å². The van der Waals surface area contributed by atoms with E-state index in [0.29, 0.717) is 12.2 Å². The van der Waals surface area contributed by atoms with E-state index >= 15 is 0 Å². The maximum absolute atomic E-state index is 8.81. The lowest BCUT2D eigenvalue weighted by molar-refractivity contribution is 0.122. The number of rotatable bonds is 7. The van der Waals surface area contributed by atoms with Gasteiger partial charge in [-0.25, -0.2) is 0 Å². The Morgan fingerprint density at radius 2 is 2.24 bits per heavy atom. The molecule has 0 fully saturated rings. The monoisotopic (exact) mass is 250 g/mol. The van der Waals surface area contributed by atoms with Gasteiger partial charge in [-0.1, -0.05) is 12.1 Å². The molecule has 17 heavy (non-hydrogen) atoms. The number of ether oxygens (including phenoxy) is 1. The first-order valence-corrected chi connectivity index (χ1v) is 6.25. The average molecular weight is 250 g/mol. The number of benzene rings is 1. The second-order valence-electron chi connectivity index (χ2n) is 3.89. The number of nitrogens with zero attached hydrogens (tertiary/aromatic N) is 2. The minimum Gasteiger partial charge on any atom is -0.379 e. The smallest absolute Gasteiger partial charge is 0.0991 e. The van der Waals surface area contributed by atoms with E-state index in [2.05, 4.69) is 23.6 Å². The Kier molecular flexibility index (Phi) is 6.71. The van der Waals surface area contributed by atoms with Gasteiger partial charge < -0.3 is 4.74 Å². The van der Waals surface area contributed by atoms with Crippen molar-refractivity contribution in [3.8, 4) is 6.07 Å². The molecule has 0 aromatic heterocycles. The lowest BCUT2D eigenvalue weighted by Gasteiger charge is -2.16. The zero-order valence-electron chi connectivity index (χ0n) is 10.1. The molecule has 0 bridgehead atoms. The maximum Gasteiger partial charge on any atom is 0.0991 e. The normalized spacial score (nSPS) is 10.5. The molecule has 0 saturated heterocycles. The fourth-order valence-electron chi connectivity index (χ4n) is 1.52. The number of hydrogen-bond acceptors (Lipinski definition) is 4. The van der Waals surface area contributed by atoms with Gasteiger partial charge in [0.2, 0.25) is 0 Å². The molecule has 0 amide bonds. The minimum absolute atomic E-state index is 0.695. The summed E-state index contributed by atoms with van der Waals surface area (Å²) in [5.41, 5.74) is 1.86. The molecule has 3 nitrogen and oxygen atoms in total. The van der Waals surface area contributed by atoms with Gasteiger partial charge in [0.15, 0.2) is 0 Å².